The number of carbonyl (C=O) groups is 1. The fourth-order valence-corrected chi connectivity index (χ4v) is 1.86. The zero-order valence-electron chi connectivity index (χ0n) is 9.83. The normalized spacial score (nSPS) is 8.81. The van der Waals surface area contributed by atoms with Crippen LogP contribution in [0.15, 0.2) is 18.2 Å². The number of nitrogens with one attached hydrogen (secondary N) is 1. The summed E-state index contributed by atoms with van der Waals surface area (Å²) in [6.45, 7) is 2.12. The summed E-state index contributed by atoms with van der Waals surface area (Å²) in [5.41, 5.74) is 3.88. The lowest BCUT2D eigenvalue weighted by molar-refractivity contribution is -0.117. The van der Waals surface area contributed by atoms with Crippen molar-refractivity contribution in [3.05, 3.63) is 29.3 Å². The van der Waals surface area contributed by atoms with Crippen LogP contribution < -0.4 is 11.2 Å². The van der Waals surface area contributed by atoms with E-state index in [2.05, 4.69) is 46.4 Å². The van der Waals surface area contributed by atoms with Gasteiger partial charge in [0.15, 0.2) is 0 Å². The number of nitrogens with zero attached hydrogens (tertiary/aromatic N) is 1. The predicted octanol–water partition coefficient (Wildman–Crippen LogP) is 1.88. The molecule has 0 radical (unpaired) electrons. The number of anilines is 1. The monoisotopic (exact) mass is 287 g/mol. The summed E-state index contributed by atoms with van der Waals surface area (Å²) < 4.78 is 0. The Morgan fingerprint density at radius 2 is 2.12 bits per heavy atom. The molecule has 0 saturated heterocycles. The fourth-order valence-electron chi connectivity index (χ4n) is 1.11. The SMILES string of the molecule is CN(N)C=O.CNc1cccc(C)c1CBr. The average molecular weight is 288 g/mol. The number of rotatable bonds is 3. The van der Waals surface area contributed by atoms with Gasteiger partial charge in [-0.1, -0.05) is 28.1 Å². The molecule has 90 valence electrons. The van der Waals surface area contributed by atoms with E-state index >= 15 is 0 Å². The van der Waals surface area contributed by atoms with Crippen LogP contribution in [0.4, 0.5) is 5.69 Å². The number of alkyl halides is 1. The number of hydrazine groups is 1. The van der Waals surface area contributed by atoms with E-state index in [4.69, 9.17) is 5.84 Å². The minimum atomic E-state index is 0.528. The van der Waals surface area contributed by atoms with Crippen LogP contribution in [0.3, 0.4) is 0 Å². The molecule has 4 nitrogen and oxygen atoms in total. The van der Waals surface area contributed by atoms with E-state index in [0.29, 0.717) is 6.41 Å². The molecule has 1 aromatic rings. The Hall–Kier alpha value is -1.07. The van der Waals surface area contributed by atoms with E-state index in [9.17, 15) is 4.79 Å². The van der Waals surface area contributed by atoms with E-state index in [-0.39, 0.29) is 0 Å². The molecule has 0 aliphatic carbocycles. The molecule has 0 unspecified atom stereocenters. The van der Waals surface area contributed by atoms with Gasteiger partial charge < -0.3 is 5.32 Å². The maximum Gasteiger partial charge on any atom is 0.223 e. The van der Waals surface area contributed by atoms with Gasteiger partial charge in [0.05, 0.1) is 0 Å². The Balaban J connectivity index is 0.000000385. The van der Waals surface area contributed by atoms with E-state index < -0.39 is 0 Å². The number of halogens is 1. The first-order chi connectivity index (χ1) is 7.56. The second kappa shape index (κ2) is 8.13. The lowest BCUT2D eigenvalue weighted by Gasteiger charge is -2.08. The largest absolute Gasteiger partial charge is 0.388 e. The van der Waals surface area contributed by atoms with E-state index in [1.54, 1.807) is 0 Å². The first kappa shape index (κ1) is 14.9. The summed E-state index contributed by atoms with van der Waals surface area (Å²) in [6.07, 6.45) is 0.528. The molecule has 0 aromatic heterocycles. The van der Waals surface area contributed by atoms with Gasteiger partial charge in [-0.25, -0.2) is 5.84 Å². The van der Waals surface area contributed by atoms with E-state index in [1.165, 1.54) is 23.9 Å². The third kappa shape index (κ3) is 5.14. The van der Waals surface area contributed by atoms with Crippen molar-refractivity contribution in [2.24, 2.45) is 5.84 Å². The molecule has 0 aliphatic heterocycles. The molecule has 0 aliphatic rings. The van der Waals surface area contributed by atoms with Crippen LogP contribution in [-0.4, -0.2) is 25.5 Å². The lowest BCUT2D eigenvalue weighted by Crippen LogP contribution is -2.23. The number of benzene rings is 1. The standard InChI is InChI=1S/C9H12BrN.C2H6N2O/c1-7-4-3-5-9(11-2)8(7)6-10;1-4(3)2-5/h3-5,11H,6H2,1-2H3;2H,3H2,1H3. The number of carbonyl (C=O) groups excluding carboxylic acids is 1. The Kier molecular flexibility index (Phi) is 7.58. The number of nitrogens with two attached hydrogens (primary N) is 1. The molecule has 0 heterocycles. The highest BCUT2D eigenvalue weighted by Gasteiger charge is 2.00. The van der Waals surface area contributed by atoms with Crippen molar-refractivity contribution in [2.45, 2.75) is 12.3 Å². The second-order valence-electron chi connectivity index (χ2n) is 3.26. The lowest BCUT2D eigenvalue weighted by atomic mass is 10.1. The highest BCUT2D eigenvalue weighted by Crippen LogP contribution is 2.21. The second-order valence-corrected chi connectivity index (χ2v) is 3.82. The number of hydrogen-bond acceptors (Lipinski definition) is 3. The molecule has 1 aromatic carbocycles. The first-order valence-electron chi connectivity index (χ1n) is 4.81. The smallest absolute Gasteiger partial charge is 0.223 e. The van der Waals surface area contributed by atoms with Crippen LogP contribution in [-0.2, 0) is 10.1 Å². The van der Waals surface area contributed by atoms with Crippen LogP contribution >= 0.6 is 15.9 Å². The number of aryl methyl sites for hydroxylation is 1. The Labute approximate surface area is 105 Å². The van der Waals surface area contributed by atoms with Gasteiger partial charge in [-0.05, 0) is 24.1 Å². The van der Waals surface area contributed by atoms with Gasteiger partial charge in [-0.2, -0.15) is 0 Å². The summed E-state index contributed by atoms with van der Waals surface area (Å²) in [4.78, 5) is 9.31. The van der Waals surface area contributed by atoms with Crippen molar-refractivity contribution >= 4 is 28.0 Å². The zero-order chi connectivity index (χ0) is 12.6. The van der Waals surface area contributed by atoms with Crippen molar-refractivity contribution in [2.75, 3.05) is 19.4 Å². The maximum atomic E-state index is 9.31. The predicted molar refractivity (Wildman–Crippen MR) is 71.4 cm³/mol. The number of hydrogen-bond donors (Lipinski definition) is 2. The van der Waals surface area contributed by atoms with Crippen LogP contribution in [0.1, 0.15) is 11.1 Å². The van der Waals surface area contributed by atoms with Crippen LogP contribution in [0, 0.1) is 6.92 Å². The Bertz CT molecular complexity index is 329. The van der Waals surface area contributed by atoms with E-state index in [0.717, 1.165) is 10.3 Å². The molecule has 0 bridgehead atoms. The summed E-state index contributed by atoms with van der Waals surface area (Å²) in [6, 6.07) is 6.27. The average Bonchev–Trinajstić information content (AvgIpc) is 2.29. The molecule has 0 atom stereocenters. The van der Waals surface area contributed by atoms with Gasteiger partial charge in [-0.15, -0.1) is 0 Å². The first-order valence-corrected chi connectivity index (χ1v) is 5.94. The van der Waals surface area contributed by atoms with Crippen molar-refractivity contribution in [1.29, 1.82) is 0 Å². The van der Waals surface area contributed by atoms with Gasteiger partial charge in [-0.3, -0.25) is 9.80 Å². The highest BCUT2D eigenvalue weighted by atomic mass is 79.9. The molecule has 1 rings (SSSR count). The molecule has 0 spiro atoms. The third-order valence-corrected chi connectivity index (χ3v) is 2.54. The van der Waals surface area contributed by atoms with Gasteiger partial charge in [0.2, 0.25) is 6.41 Å². The molecule has 5 heteroatoms. The zero-order valence-corrected chi connectivity index (χ0v) is 11.4. The maximum absolute atomic E-state index is 9.31. The minimum Gasteiger partial charge on any atom is -0.388 e. The van der Waals surface area contributed by atoms with Gasteiger partial charge in [0, 0.05) is 25.1 Å². The Morgan fingerprint density at radius 3 is 2.44 bits per heavy atom. The van der Waals surface area contributed by atoms with E-state index in [1.807, 2.05) is 7.05 Å². The molecular formula is C11H18BrN3O. The summed E-state index contributed by atoms with van der Waals surface area (Å²) in [7, 11) is 3.41. The fraction of sp³-hybridized carbons (Fsp3) is 0.364. The summed E-state index contributed by atoms with van der Waals surface area (Å²) >= 11 is 3.46. The molecule has 1 amide bonds. The van der Waals surface area contributed by atoms with Crippen molar-refractivity contribution in [3.63, 3.8) is 0 Å². The van der Waals surface area contributed by atoms with Crippen LogP contribution in [0.25, 0.3) is 0 Å². The molecular weight excluding hydrogens is 270 g/mol. The number of amides is 1. The highest BCUT2D eigenvalue weighted by molar-refractivity contribution is 9.08. The van der Waals surface area contributed by atoms with Crippen molar-refractivity contribution in [3.8, 4) is 0 Å². The topological polar surface area (TPSA) is 58.4 Å². The van der Waals surface area contributed by atoms with Crippen molar-refractivity contribution < 1.29 is 4.79 Å². The van der Waals surface area contributed by atoms with Gasteiger partial charge in [0.1, 0.15) is 0 Å². The summed E-state index contributed by atoms with van der Waals surface area (Å²) in [5.74, 6) is 4.76. The molecule has 16 heavy (non-hydrogen) atoms. The molecule has 0 fully saturated rings. The molecule has 0 saturated carbocycles. The molecule has 3 N–H and O–H groups in total. The minimum absolute atomic E-state index is 0.528. The quantitative estimate of drug-likeness (QED) is 0.293. The van der Waals surface area contributed by atoms with Gasteiger partial charge in [0.25, 0.3) is 0 Å². The van der Waals surface area contributed by atoms with Crippen LogP contribution in [0.5, 0.6) is 0 Å². The summed E-state index contributed by atoms with van der Waals surface area (Å²) in [5, 5.41) is 5.01. The van der Waals surface area contributed by atoms with Crippen LogP contribution in [0.2, 0.25) is 0 Å². The van der Waals surface area contributed by atoms with Crippen molar-refractivity contribution in [1.82, 2.24) is 5.01 Å². The Morgan fingerprint density at radius 1 is 1.56 bits per heavy atom. The van der Waals surface area contributed by atoms with Gasteiger partial charge >= 0.3 is 0 Å². The third-order valence-electron chi connectivity index (χ3n) is 1.98.